The number of aryl methyl sites for hydroxylation is 1. The molecule has 4 rings (SSSR count). The number of aromatic nitrogens is 2. The predicted molar refractivity (Wildman–Crippen MR) is 102 cm³/mol. The molecule has 0 saturated heterocycles. The standard InChI is InChI=1S/C19H13ClN2O3S/c1-10-11(6-7-25-10)15(23)9-17-21-14-8-16(26-18(14)19(24)22-17)12-4-2-3-5-13(12)20/h2-8H,9H2,1H3,(H,21,22,24). The van der Waals surface area contributed by atoms with Crippen LogP contribution in [-0.2, 0) is 6.42 Å². The third kappa shape index (κ3) is 2.98. The summed E-state index contributed by atoms with van der Waals surface area (Å²) >= 11 is 7.57. The smallest absolute Gasteiger partial charge is 0.268 e. The fourth-order valence-corrected chi connectivity index (χ4v) is 4.11. The molecule has 3 heterocycles. The average molecular weight is 385 g/mol. The van der Waals surface area contributed by atoms with Gasteiger partial charge in [-0.3, -0.25) is 9.59 Å². The average Bonchev–Trinajstić information content (AvgIpc) is 3.21. The number of nitrogens with one attached hydrogen (secondary N) is 1. The Morgan fingerprint density at radius 3 is 2.85 bits per heavy atom. The summed E-state index contributed by atoms with van der Waals surface area (Å²) in [6, 6.07) is 10.9. The molecule has 0 amide bonds. The Labute approximate surface area is 157 Å². The van der Waals surface area contributed by atoms with Gasteiger partial charge >= 0.3 is 0 Å². The molecular weight excluding hydrogens is 372 g/mol. The first kappa shape index (κ1) is 16.8. The Morgan fingerprint density at radius 1 is 1.31 bits per heavy atom. The van der Waals surface area contributed by atoms with E-state index in [4.69, 9.17) is 16.0 Å². The van der Waals surface area contributed by atoms with E-state index < -0.39 is 0 Å². The van der Waals surface area contributed by atoms with E-state index in [0.717, 1.165) is 10.4 Å². The van der Waals surface area contributed by atoms with Crippen LogP contribution in [0.4, 0.5) is 0 Å². The lowest BCUT2D eigenvalue weighted by molar-refractivity contribution is 0.0989. The molecule has 0 aliphatic carbocycles. The molecule has 130 valence electrons. The molecule has 0 unspecified atom stereocenters. The van der Waals surface area contributed by atoms with E-state index in [2.05, 4.69) is 9.97 Å². The van der Waals surface area contributed by atoms with Crippen LogP contribution in [0.25, 0.3) is 20.7 Å². The first-order valence-corrected chi connectivity index (χ1v) is 9.07. The molecule has 0 atom stereocenters. The Kier molecular flexibility index (Phi) is 4.22. The topological polar surface area (TPSA) is 76.0 Å². The van der Waals surface area contributed by atoms with Crippen molar-refractivity contribution in [3.63, 3.8) is 0 Å². The number of thiophene rings is 1. The minimum atomic E-state index is -0.259. The van der Waals surface area contributed by atoms with Crippen molar-refractivity contribution in [3.05, 3.63) is 75.2 Å². The number of hydrogen-bond donors (Lipinski definition) is 1. The number of carbonyl (C=O) groups is 1. The predicted octanol–water partition coefficient (Wildman–Crippen LogP) is 4.63. The van der Waals surface area contributed by atoms with Crippen molar-refractivity contribution in [1.29, 1.82) is 0 Å². The second-order valence-electron chi connectivity index (χ2n) is 5.81. The van der Waals surface area contributed by atoms with E-state index in [-0.39, 0.29) is 17.8 Å². The number of nitrogens with zero attached hydrogens (tertiary/aromatic N) is 1. The number of rotatable bonds is 4. The van der Waals surface area contributed by atoms with Gasteiger partial charge in [0.05, 0.1) is 23.8 Å². The minimum absolute atomic E-state index is 0.00280. The molecule has 4 aromatic rings. The molecule has 0 saturated carbocycles. The SMILES string of the molecule is Cc1occc1C(=O)Cc1nc2cc(-c3ccccc3Cl)sc2c(=O)[nH]1. The molecule has 1 aromatic carbocycles. The summed E-state index contributed by atoms with van der Waals surface area (Å²) in [5, 5.41) is 0.612. The highest BCUT2D eigenvalue weighted by molar-refractivity contribution is 7.22. The first-order valence-electron chi connectivity index (χ1n) is 7.88. The second-order valence-corrected chi connectivity index (χ2v) is 7.27. The Bertz CT molecular complexity index is 1190. The Hall–Kier alpha value is -2.70. The van der Waals surface area contributed by atoms with Crippen molar-refractivity contribution < 1.29 is 9.21 Å². The van der Waals surface area contributed by atoms with Crippen molar-refractivity contribution in [2.75, 3.05) is 0 Å². The number of H-pyrrole nitrogens is 1. The fraction of sp³-hybridized carbons (Fsp3) is 0.105. The van der Waals surface area contributed by atoms with Gasteiger partial charge in [0, 0.05) is 15.5 Å². The summed E-state index contributed by atoms with van der Waals surface area (Å²) in [4.78, 5) is 32.8. The first-order chi connectivity index (χ1) is 12.5. The maximum atomic E-state index is 12.4. The number of halogens is 1. The second kappa shape index (κ2) is 6.55. The van der Waals surface area contributed by atoms with Gasteiger partial charge in [-0.25, -0.2) is 4.98 Å². The molecule has 5 nitrogen and oxygen atoms in total. The van der Waals surface area contributed by atoms with Gasteiger partial charge < -0.3 is 9.40 Å². The molecule has 0 fully saturated rings. The zero-order chi connectivity index (χ0) is 18.3. The van der Waals surface area contributed by atoms with Gasteiger partial charge in [0.2, 0.25) is 0 Å². The number of furan rings is 1. The summed E-state index contributed by atoms with van der Waals surface area (Å²) in [5.74, 6) is 0.729. The van der Waals surface area contributed by atoms with Crippen molar-refractivity contribution in [1.82, 2.24) is 9.97 Å². The van der Waals surface area contributed by atoms with Crippen LogP contribution in [0.1, 0.15) is 21.9 Å². The zero-order valence-electron chi connectivity index (χ0n) is 13.7. The molecule has 1 N–H and O–H groups in total. The van der Waals surface area contributed by atoms with E-state index in [1.807, 2.05) is 24.3 Å². The van der Waals surface area contributed by atoms with Crippen LogP contribution >= 0.6 is 22.9 Å². The number of hydrogen-bond acceptors (Lipinski definition) is 5. The number of aromatic amines is 1. The third-order valence-electron chi connectivity index (χ3n) is 4.06. The normalized spacial score (nSPS) is 11.2. The minimum Gasteiger partial charge on any atom is -0.469 e. The lowest BCUT2D eigenvalue weighted by Crippen LogP contribution is -2.14. The summed E-state index contributed by atoms with van der Waals surface area (Å²) in [6.07, 6.45) is 1.47. The van der Waals surface area contributed by atoms with Crippen LogP contribution in [-0.4, -0.2) is 15.8 Å². The summed E-state index contributed by atoms with van der Waals surface area (Å²) in [6.45, 7) is 1.72. The lowest BCUT2D eigenvalue weighted by atomic mass is 10.1. The van der Waals surface area contributed by atoms with E-state index in [1.165, 1.54) is 17.6 Å². The fourth-order valence-electron chi connectivity index (χ4n) is 2.79. The maximum absolute atomic E-state index is 12.4. The van der Waals surface area contributed by atoms with Gasteiger partial charge in [0.1, 0.15) is 16.3 Å². The van der Waals surface area contributed by atoms with E-state index in [1.54, 1.807) is 19.1 Å². The van der Waals surface area contributed by atoms with Crippen LogP contribution < -0.4 is 5.56 Å². The molecule has 0 aliphatic heterocycles. The summed E-state index contributed by atoms with van der Waals surface area (Å²) in [5.41, 5.74) is 1.64. The Morgan fingerprint density at radius 2 is 2.12 bits per heavy atom. The van der Waals surface area contributed by atoms with Crippen molar-refractivity contribution >= 4 is 38.9 Å². The Balaban J connectivity index is 1.73. The highest BCUT2D eigenvalue weighted by Gasteiger charge is 2.16. The van der Waals surface area contributed by atoms with Gasteiger partial charge in [-0.2, -0.15) is 0 Å². The van der Waals surface area contributed by atoms with Crippen LogP contribution in [0.2, 0.25) is 5.02 Å². The van der Waals surface area contributed by atoms with Gasteiger partial charge in [0.15, 0.2) is 5.78 Å². The largest absolute Gasteiger partial charge is 0.469 e. The highest BCUT2D eigenvalue weighted by Crippen LogP contribution is 2.35. The van der Waals surface area contributed by atoms with Crippen LogP contribution in [0, 0.1) is 6.92 Å². The van der Waals surface area contributed by atoms with Crippen LogP contribution in [0.5, 0.6) is 0 Å². The molecule has 0 aliphatic rings. The monoisotopic (exact) mass is 384 g/mol. The number of carbonyl (C=O) groups excluding carboxylic acids is 1. The van der Waals surface area contributed by atoms with Crippen molar-refractivity contribution in [2.45, 2.75) is 13.3 Å². The quantitative estimate of drug-likeness (QED) is 0.520. The molecule has 7 heteroatoms. The van der Waals surface area contributed by atoms with Crippen molar-refractivity contribution in [3.8, 4) is 10.4 Å². The third-order valence-corrected chi connectivity index (χ3v) is 5.54. The number of fused-ring (bicyclic) bond motifs is 1. The van der Waals surface area contributed by atoms with Crippen molar-refractivity contribution in [2.24, 2.45) is 0 Å². The van der Waals surface area contributed by atoms with Gasteiger partial charge in [-0.05, 0) is 25.1 Å². The number of benzene rings is 1. The maximum Gasteiger partial charge on any atom is 0.268 e. The molecule has 26 heavy (non-hydrogen) atoms. The van der Waals surface area contributed by atoms with Crippen LogP contribution in [0.3, 0.4) is 0 Å². The van der Waals surface area contributed by atoms with Crippen LogP contribution in [0.15, 0.2) is 51.9 Å². The molecular formula is C19H13ClN2O3S. The molecule has 0 spiro atoms. The van der Waals surface area contributed by atoms with E-state index in [0.29, 0.717) is 32.4 Å². The molecule has 0 radical (unpaired) electrons. The van der Waals surface area contributed by atoms with Gasteiger partial charge in [-0.1, -0.05) is 29.8 Å². The highest BCUT2D eigenvalue weighted by atomic mass is 35.5. The van der Waals surface area contributed by atoms with E-state index in [9.17, 15) is 9.59 Å². The number of Topliss-reactive ketones (excluding diaryl/α,β-unsaturated/α-hetero) is 1. The molecule has 3 aromatic heterocycles. The van der Waals surface area contributed by atoms with Gasteiger partial charge in [-0.15, -0.1) is 11.3 Å². The molecule has 0 bridgehead atoms. The van der Waals surface area contributed by atoms with E-state index >= 15 is 0 Å². The summed E-state index contributed by atoms with van der Waals surface area (Å²) < 4.78 is 5.67. The summed E-state index contributed by atoms with van der Waals surface area (Å²) in [7, 11) is 0. The lowest BCUT2D eigenvalue weighted by Gasteiger charge is -2.00. The van der Waals surface area contributed by atoms with Gasteiger partial charge in [0.25, 0.3) is 5.56 Å². The zero-order valence-corrected chi connectivity index (χ0v) is 15.3. The number of ketones is 1.